The Morgan fingerprint density at radius 3 is 2.30 bits per heavy atom. The number of nitrogens with zero attached hydrogens (tertiary/aromatic N) is 1. The summed E-state index contributed by atoms with van der Waals surface area (Å²) in [6, 6.07) is 7.91. The van der Waals surface area contributed by atoms with Crippen molar-refractivity contribution in [3.05, 3.63) is 29.8 Å². The lowest BCUT2D eigenvalue weighted by Gasteiger charge is -2.30. The van der Waals surface area contributed by atoms with Crippen molar-refractivity contribution in [1.29, 1.82) is 0 Å². The van der Waals surface area contributed by atoms with Crippen LogP contribution < -0.4 is 10.5 Å². The lowest BCUT2D eigenvalue weighted by atomic mass is 10.00. The monoisotopic (exact) mass is 276 g/mol. The number of ether oxygens (including phenoxy) is 1. The van der Waals surface area contributed by atoms with E-state index in [0.29, 0.717) is 6.42 Å². The maximum absolute atomic E-state index is 12.0. The molecule has 0 saturated carbocycles. The van der Waals surface area contributed by atoms with E-state index >= 15 is 0 Å². The second-order valence-electron chi connectivity index (χ2n) is 5.94. The molecule has 1 aliphatic rings. The number of rotatable bonds is 4. The molecule has 2 N–H and O–H groups in total. The first-order valence-electron chi connectivity index (χ1n) is 7.23. The average molecular weight is 276 g/mol. The summed E-state index contributed by atoms with van der Waals surface area (Å²) in [4.78, 5) is 13.9. The molecule has 2 atom stereocenters. The molecule has 1 amide bonds. The summed E-state index contributed by atoms with van der Waals surface area (Å²) in [5.41, 5.74) is 7.23. The number of carbonyl (C=O) groups is 1. The summed E-state index contributed by atoms with van der Waals surface area (Å²) >= 11 is 0. The van der Waals surface area contributed by atoms with Crippen LogP contribution in [0.1, 0.15) is 45.7 Å². The van der Waals surface area contributed by atoms with Crippen LogP contribution in [0.5, 0.6) is 5.75 Å². The smallest absolute Gasteiger partial charge is 0.225 e. The van der Waals surface area contributed by atoms with Crippen molar-refractivity contribution in [2.24, 2.45) is 5.73 Å². The quantitative estimate of drug-likeness (QED) is 0.919. The highest BCUT2D eigenvalue weighted by molar-refractivity contribution is 5.80. The van der Waals surface area contributed by atoms with Gasteiger partial charge in [-0.15, -0.1) is 0 Å². The topological polar surface area (TPSA) is 55.6 Å². The van der Waals surface area contributed by atoms with Gasteiger partial charge in [-0.2, -0.15) is 0 Å². The zero-order chi connectivity index (χ0) is 14.9. The van der Waals surface area contributed by atoms with Gasteiger partial charge >= 0.3 is 0 Å². The van der Waals surface area contributed by atoms with Gasteiger partial charge in [0, 0.05) is 18.5 Å². The molecular weight excluding hydrogens is 252 g/mol. The summed E-state index contributed by atoms with van der Waals surface area (Å²) in [6.45, 7) is 8.05. The van der Waals surface area contributed by atoms with Crippen LogP contribution in [0.3, 0.4) is 0 Å². The molecule has 2 rings (SSSR count). The highest BCUT2D eigenvalue weighted by atomic mass is 16.5. The lowest BCUT2D eigenvalue weighted by molar-refractivity contribution is -0.130. The van der Waals surface area contributed by atoms with E-state index in [9.17, 15) is 4.79 Å². The van der Waals surface area contributed by atoms with Crippen molar-refractivity contribution >= 4 is 5.91 Å². The fourth-order valence-electron chi connectivity index (χ4n) is 2.81. The molecule has 0 aliphatic carbocycles. The molecule has 2 unspecified atom stereocenters. The van der Waals surface area contributed by atoms with Crippen LogP contribution >= 0.6 is 0 Å². The molecule has 1 aromatic carbocycles. The van der Waals surface area contributed by atoms with E-state index in [1.54, 1.807) is 0 Å². The van der Waals surface area contributed by atoms with E-state index in [1.807, 2.05) is 56.9 Å². The Labute approximate surface area is 120 Å². The number of nitrogens with two attached hydrogens (primary N) is 1. The average Bonchev–Trinajstić information content (AvgIpc) is 2.64. The van der Waals surface area contributed by atoms with Crippen LogP contribution in [0.2, 0.25) is 0 Å². The maximum atomic E-state index is 12.0. The summed E-state index contributed by atoms with van der Waals surface area (Å²) in [7, 11) is 0. The Bertz CT molecular complexity index is 468. The van der Waals surface area contributed by atoms with Crippen molar-refractivity contribution in [1.82, 2.24) is 4.90 Å². The number of hydrogen-bond donors (Lipinski definition) is 1. The van der Waals surface area contributed by atoms with Gasteiger partial charge in [0.15, 0.2) is 0 Å². The van der Waals surface area contributed by atoms with Crippen molar-refractivity contribution in [3.8, 4) is 5.75 Å². The van der Waals surface area contributed by atoms with Gasteiger partial charge in [0.1, 0.15) is 5.75 Å². The molecule has 4 nitrogen and oxygen atoms in total. The molecule has 1 aromatic rings. The van der Waals surface area contributed by atoms with E-state index in [1.165, 1.54) is 0 Å². The van der Waals surface area contributed by atoms with Crippen molar-refractivity contribution in [2.45, 2.75) is 58.3 Å². The van der Waals surface area contributed by atoms with Gasteiger partial charge in [0.25, 0.3) is 0 Å². The highest BCUT2D eigenvalue weighted by Gasteiger charge is 2.39. The van der Waals surface area contributed by atoms with Crippen molar-refractivity contribution in [3.63, 3.8) is 0 Å². The van der Waals surface area contributed by atoms with Gasteiger partial charge in [0.2, 0.25) is 5.91 Å². The summed E-state index contributed by atoms with van der Waals surface area (Å²) < 4.78 is 5.64. The normalized spacial score (nSPS) is 22.9. The van der Waals surface area contributed by atoms with Gasteiger partial charge in [0.05, 0.1) is 12.1 Å². The van der Waals surface area contributed by atoms with Crippen LogP contribution in [0.4, 0.5) is 0 Å². The number of amides is 1. The van der Waals surface area contributed by atoms with E-state index < -0.39 is 0 Å². The summed E-state index contributed by atoms with van der Waals surface area (Å²) in [5.74, 6) is 0.984. The second-order valence-corrected chi connectivity index (χ2v) is 5.94. The second kappa shape index (κ2) is 5.83. The van der Waals surface area contributed by atoms with Crippen LogP contribution in [-0.2, 0) is 4.79 Å². The van der Waals surface area contributed by atoms with Crippen molar-refractivity contribution in [2.75, 3.05) is 0 Å². The number of carbonyl (C=O) groups excluding carboxylic acids is 1. The Balaban J connectivity index is 2.23. The third kappa shape index (κ3) is 2.96. The van der Waals surface area contributed by atoms with Gasteiger partial charge in [-0.1, -0.05) is 12.1 Å². The van der Waals surface area contributed by atoms with Crippen molar-refractivity contribution < 1.29 is 9.53 Å². The summed E-state index contributed by atoms with van der Waals surface area (Å²) in [5, 5.41) is 0. The largest absolute Gasteiger partial charge is 0.491 e. The number of benzene rings is 1. The van der Waals surface area contributed by atoms with Crippen LogP contribution in [-0.4, -0.2) is 29.0 Å². The first-order valence-corrected chi connectivity index (χ1v) is 7.23. The molecular formula is C16H24N2O2. The molecule has 0 spiro atoms. The Hall–Kier alpha value is -1.55. The Morgan fingerprint density at radius 1 is 1.20 bits per heavy atom. The molecule has 0 radical (unpaired) electrons. The molecule has 1 saturated heterocycles. The minimum atomic E-state index is -0.137. The number of hydrogen-bond acceptors (Lipinski definition) is 3. The van der Waals surface area contributed by atoms with E-state index in [0.717, 1.165) is 11.3 Å². The fourth-order valence-corrected chi connectivity index (χ4v) is 2.81. The summed E-state index contributed by atoms with van der Waals surface area (Å²) in [6.07, 6.45) is 0.580. The molecule has 1 heterocycles. The highest BCUT2D eigenvalue weighted by Crippen LogP contribution is 2.34. The van der Waals surface area contributed by atoms with Gasteiger partial charge in [-0.25, -0.2) is 0 Å². The standard InChI is InChI=1S/C16H24N2O2/c1-10(2)18-15(19)9-14(17)16(18)12-5-7-13(8-6-12)20-11(3)4/h5-8,10-11,14,16H,9,17H2,1-4H3. The molecule has 4 heteroatoms. The molecule has 110 valence electrons. The third-order valence-electron chi connectivity index (χ3n) is 3.55. The van der Waals surface area contributed by atoms with E-state index in [2.05, 4.69) is 0 Å². The molecule has 0 bridgehead atoms. The number of likely N-dealkylation sites (tertiary alicyclic amines) is 1. The first kappa shape index (κ1) is 14.9. The SMILES string of the molecule is CC(C)Oc1ccc(C2C(N)CC(=O)N2C(C)C)cc1. The molecule has 20 heavy (non-hydrogen) atoms. The Kier molecular flexibility index (Phi) is 4.33. The minimum Gasteiger partial charge on any atom is -0.491 e. The predicted octanol–water partition coefficient (Wildman–Crippen LogP) is 2.48. The van der Waals surface area contributed by atoms with E-state index in [-0.39, 0.29) is 30.1 Å². The van der Waals surface area contributed by atoms with Gasteiger partial charge in [-0.05, 0) is 45.4 Å². The fraction of sp³-hybridized carbons (Fsp3) is 0.562. The maximum Gasteiger partial charge on any atom is 0.225 e. The van der Waals surface area contributed by atoms with Crippen LogP contribution in [0.15, 0.2) is 24.3 Å². The van der Waals surface area contributed by atoms with Crippen LogP contribution in [0, 0.1) is 0 Å². The van der Waals surface area contributed by atoms with Gasteiger partial charge in [-0.3, -0.25) is 4.79 Å². The lowest BCUT2D eigenvalue weighted by Crippen LogP contribution is -2.37. The predicted molar refractivity (Wildman–Crippen MR) is 79.5 cm³/mol. The molecule has 1 fully saturated rings. The zero-order valence-corrected chi connectivity index (χ0v) is 12.7. The van der Waals surface area contributed by atoms with Crippen LogP contribution in [0.25, 0.3) is 0 Å². The molecule has 0 aromatic heterocycles. The first-order chi connectivity index (χ1) is 9.40. The zero-order valence-electron chi connectivity index (χ0n) is 12.7. The van der Waals surface area contributed by atoms with Gasteiger partial charge < -0.3 is 15.4 Å². The Morgan fingerprint density at radius 2 is 1.80 bits per heavy atom. The minimum absolute atomic E-state index is 0.0319. The van der Waals surface area contributed by atoms with E-state index in [4.69, 9.17) is 10.5 Å². The third-order valence-corrected chi connectivity index (χ3v) is 3.55. The molecule has 1 aliphatic heterocycles.